The standard InChI is InChI=1S/C21H25F3N8O4/c1-10(31-36)15(25)19(34)28-16(12-3-6-21(23,24)7-4-12)20(35)27-14-9-32(30-17(14)22)11(2)13-5-8-26-29-18(13)33/h5,8-9,11-12,16,25,36H,3-4,6-7H2,1-2H3,(H,27,35)(H,28,34)(H,29,33)/b25-15?,31-10-/t11?,16-/m0/s1. The first-order valence-corrected chi connectivity index (χ1v) is 11.0. The number of H-pyrrole nitrogens is 1. The Morgan fingerprint density at radius 2 is 2.03 bits per heavy atom. The van der Waals surface area contributed by atoms with Gasteiger partial charge in [-0.15, -0.1) is 5.10 Å². The Kier molecular flexibility index (Phi) is 7.90. The largest absolute Gasteiger partial charge is 0.411 e. The number of hydrogen-bond acceptors (Lipinski definition) is 8. The third kappa shape index (κ3) is 5.95. The molecular formula is C21H25F3N8O4. The second kappa shape index (κ2) is 10.7. The molecule has 2 aromatic heterocycles. The van der Waals surface area contributed by atoms with Crippen LogP contribution in [-0.4, -0.2) is 60.4 Å². The van der Waals surface area contributed by atoms with Crippen LogP contribution < -0.4 is 16.2 Å². The molecule has 5 N–H and O–H groups in total. The van der Waals surface area contributed by atoms with E-state index < -0.39 is 65.8 Å². The van der Waals surface area contributed by atoms with Gasteiger partial charge in [0.25, 0.3) is 17.4 Å². The molecule has 0 spiro atoms. The van der Waals surface area contributed by atoms with Crippen molar-refractivity contribution in [3.63, 3.8) is 0 Å². The quantitative estimate of drug-likeness (QED) is 0.205. The Morgan fingerprint density at radius 3 is 2.64 bits per heavy atom. The van der Waals surface area contributed by atoms with Gasteiger partial charge in [0.1, 0.15) is 23.2 Å². The maximum absolute atomic E-state index is 14.6. The third-order valence-electron chi connectivity index (χ3n) is 6.09. The molecule has 0 aliphatic heterocycles. The summed E-state index contributed by atoms with van der Waals surface area (Å²) < 4.78 is 43.1. The molecule has 2 aromatic rings. The Morgan fingerprint density at radius 1 is 1.36 bits per heavy atom. The number of aromatic amines is 1. The summed E-state index contributed by atoms with van der Waals surface area (Å²) in [5.74, 6) is -6.66. The number of nitrogens with one attached hydrogen (secondary N) is 4. The zero-order valence-electron chi connectivity index (χ0n) is 19.4. The molecule has 1 fully saturated rings. The normalized spacial score (nSPS) is 17.8. The SMILES string of the molecule is C/C(=N/O)C(=N)C(=O)N[C@H](C(=O)Nc1cn(C(C)c2ccn[nH]c2=O)nc1F)C1CCC(F)(F)CC1. The van der Waals surface area contributed by atoms with Crippen LogP contribution in [0.15, 0.2) is 28.4 Å². The van der Waals surface area contributed by atoms with Gasteiger partial charge < -0.3 is 15.8 Å². The van der Waals surface area contributed by atoms with Gasteiger partial charge in [0, 0.05) is 24.6 Å². The van der Waals surface area contributed by atoms with Gasteiger partial charge in [-0.2, -0.15) is 9.49 Å². The lowest BCUT2D eigenvalue weighted by atomic mass is 9.81. The van der Waals surface area contributed by atoms with E-state index in [9.17, 15) is 27.6 Å². The number of amides is 2. The van der Waals surface area contributed by atoms with Crippen molar-refractivity contribution < 1.29 is 28.0 Å². The summed E-state index contributed by atoms with van der Waals surface area (Å²) in [6.45, 7) is 2.77. The molecule has 0 bridgehead atoms. The molecule has 2 atom stereocenters. The van der Waals surface area contributed by atoms with E-state index in [1.54, 1.807) is 6.92 Å². The summed E-state index contributed by atoms with van der Waals surface area (Å²) in [5, 5.41) is 33.5. The predicted octanol–water partition coefficient (Wildman–Crippen LogP) is 1.83. The monoisotopic (exact) mass is 510 g/mol. The first kappa shape index (κ1) is 26.6. The first-order chi connectivity index (χ1) is 16.9. The Balaban J connectivity index is 1.82. The number of aromatic nitrogens is 4. The highest BCUT2D eigenvalue weighted by Crippen LogP contribution is 2.37. The lowest BCUT2D eigenvalue weighted by Crippen LogP contribution is -2.52. The van der Waals surface area contributed by atoms with Gasteiger partial charge in [0.15, 0.2) is 0 Å². The fourth-order valence-electron chi connectivity index (χ4n) is 3.91. The predicted molar refractivity (Wildman–Crippen MR) is 121 cm³/mol. The van der Waals surface area contributed by atoms with Gasteiger partial charge in [-0.05, 0) is 38.7 Å². The molecule has 36 heavy (non-hydrogen) atoms. The van der Waals surface area contributed by atoms with Crippen molar-refractivity contribution in [3.05, 3.63) is 40.3 Å². The molecule has 1 saturated carbocycles. The number of alkyl halides is 2. The lowest BCUT2D eigenvalue weighted by molar-refractivity contribution is -0.126. The number of nitrogens with zero attached hydrogens (tertiary/aromatic N) is 4. The van der Waals surface area contributed by atoms with Gasteiger partial charge in [0.05, 0.1) is 12.2 Å². The van der Waals surface area contributed by atoms with Crippen LogP contribution in [0.1, 0.15) is 51.1 Å². The van der Waals surface area contributed by atoms with Crippen LogP contribution in [0.4, 0.5) is 18.9 Å². The summed E-state index contributed by atoms with van der Waals surface area (Å²) in [7, 11) is 0. The van der Waals surface area contributed by atoms with Gasteiger partial charge in [-0.3, -0.25) is 24.5 Å². The van der Waals surface area contributed by atoms with Crippen molar-refractivity contribution in [1.82, 2.24) is 25.3 Å². The molecular weight excluding hydrogens is 485 g/mol. The van der Waals surface area contributed by atoms with Gasteiger partial charge >= 0.3 is 0 Å². The van der Waals surface area contributed by atoms with E-state index in [4.69, 9.17) is 10.6 Å². The van der Waals surface area contributed by atoms with Crippen molar-refractivity contribution in [2.45, 2.75) is 57.5 Å². The zero-order chi connectivity index (χ0) is 26.6. The fourth-order valence-corrected chi connectivity index (χ4v) is 3.91. The molecule has 15 heteroatoms. The fraction of sp³-hybridized carbons (Fsp3) is 0.476. The Bertz CT molecular complexity index is 1230. The van der Waals surface area contributed by atoms with E-state index in [1.165, 1.54) is 19.2 Å². The smallest absolute Gasteiger partial charge is 0.271 e. The summed E-state index contributed by atoms with van der Waals surface area (Å²) in [4.78, 5) is 37.5. The minimum atomic E-state index is -2.90. The Labute approximate surface area is 202 Å². The molecule has 0 aromatic carbocycles. The van der Waals surface area contributed by atoms with Gasteiger partial charge in [-0.1, -0.05) is 5.16 Å². The van der Waals surface area contributed by atoms with Crippen molar-refractivity contribution in [2.75, 3.05) is 5.32 Å². The second-order valence-corrected chi connectivity index (χ2v) is 8.52. The highest BCUT2D eigenvalue weighted by atomic mass is 19.3. The van der Waals surface area contributed by atoms with Gasteiger partial charge in [0.2, 0.25) is 11.8 Å². The number of oxime groups is 1. The number of hydrogen-bond donors (Lipinski definition) is 5. The average molecular weight is 510 g/mol. The van der Waals surface area contributed by atoms with E-state index >= 15 is 0 Å². The highest BCUT2D eigenvalue weighted by molar-refractivity contribution is 6.65. The zero-order valence-corrected chi connectivity index (χ0v) is 19.4. The van der Waals surface area contributed by atoms with Crippen LogP contribution >= 0.6 is 0 Å². The highest BCUT2D eigenvalue weighted by Gasteiger charge is 2.41. The number of carbonyl (C=O) groups excluding carboxylic acids is 2. The maximum Gasteiger partial charge on any atom is 0.271 e. The van der Waals surface area contributed by atoms with Crippen molar-refractivity contribution in [2.24, 2.45) is 11.1 Å². The van der Waals surface area contributed by atoms with Gasteiger partial charge in [-0.25, -0.2) is 13.9 Å². The number of anilines is 1. The number of halogens is 3. The molecule has 1 aliphatic carbocycles. The van der Waals surface area contributed by atoms with E-state index in [0.717, 1.165) is 10.9 Å². The molecule has 194 valence electrons. The molecule has 0 radical (unpaired) electrons. The second-order valence-electron chi connectivity index (χ2n) is 8.52. The molecule has 3 rings (SSSR count). The third-order valence-corrected chi connectivity index (χ3v) is 6.09. The van der Waals surface area contributed by atoms with Crippen LogP contribution in [0.2, 0.25) is 0 Å². The van der Waals surface area contributed by atoms with Crippen molar-refractivity contribution in [1.29, 1.82) is 5.41 Å². The molecule has 2 heterocycles. The van der Waals surface area contributed by atoms with Crippen LogP contribution in [-0.2, 0) is 9.59 Å². The van der Waals surface area contributed by atoms with Crippen LogP contribution in [0, 0.1) is 17.3 Å². The van der Waals surface area contributed by atoms with E-state index in [0.29, 0.717) is 0 Å². The van der Waals surface area contributed by atoms with Crippen LogP contribution in [0.25, 0.3) is 0 Å². The van der Waals surface area contributed by atoms with Crippen molar-refractivity contribution in [3.8, 4) is 0 Å². The van der Waals surface area contributed by atoms with E-state index in [1.807, 2.05) is 0 Å². The molecule has 2 amide bonds. The Hall–Kier alpha value is -4.04. The van der Waals surface area contributed by atoms with E-state index in [2.05, 4.69) is 31.1 Å². The molecule has 0 saturated heterocycles. The average Bonchev–Trinajstić information content (AvgIpc) is 3.21. The summed E-state index contributed by atoms with van der Waals surface area (Å²) in [5.41, 5.74) is -1.69. The minimum absolute atomic E-state index is 0.102. The van der Waals surface area contributed by atoms with Crippen LogP contribution in [0.3, 0.4) is 0 Å². The van der Waals surface area contributed by atoms with E-state index in [-0.39, 0.29) is 29.8 Å². The summed E-state index contributed by atoms with van der Waals surface area (Å²) >= 11 is 0. The molecule has 1 aliphatic rings. The summed E-state index contributed by atoms with van der Waals surface area (Å²) in [6.07, 6.45) is 1.28. The number of carbonyl (C=O) groups is 2. The molecule has 12 nitrogen and oxygen atoms in total. The maximum atomic E-state index is 14.6. The lowest BCUT2D eigenvalue weighted by Gasteiger charge is -2.33. The molecule has 1 unspecified atom stereocenters. The number of rotatable bonds is 8. The first-order valence-electron chi connectivity index (χ1n) is 11.0. The van der Waals surface area contributed by atoms with Crippen molar-refractivity contribution >= 4 is 28.9 Å². The van der Waals surface area contributed by atoms with Crippen LogP contribution in [0.5, 0.6) is 0 Å². The summed E-state index contributed by atoms with van der Waals surface area (Å²) in [6, 6.07) is -0.684. The minimum Gasteiger partial charge on any atom is -0.411 e. The topological polar surface area (TPSA) is 178 Å².